The number of aromatic nitrogens is 1. The monoisotopic (exact) mass is 379 g/mol. The number of aryl methyl sites for hydroxylation is 3. The summed E-state index contributed by atoms with van der Waals surface area (Å²) in [6.07, 6.45) is 5.68. The Labute approximate surface area is 167 Å². The molecule has 2 amide bonds. The molecule has 28 heavy (non-hydrogen) atoms. The molecule has 5 heteroatoms. The van der Waals surface area contributed by atoms with Gasteiger partial charge in [-0.3, -0.25) is 9.59 Å². The normalized spacial score (nSPS) is 16.6. The van der Waals surface area contributed by atoms with Crippen LogP contribution >= 0.6 is 0 Å². The lowest BCUT2D eigenvalue weighted by molar-refractivity contribution is -0.134. The Morgan fingerprint density at radius 2 is 1.86 bits per heavy atom. The first-order valence-corrected chi connectivity index (χ1v) is 10.1. The van der Waals surface area contributed by atoms with Crippen molar-refractivity contribution in [2.24, 2.45) is 5.92 Å². The first kappa shape index (κ1) is 20.1. The summed E-state index contributed by atoms with van der Waals surface area (Å²) in [6, 6.07) is 12.2. The average molecular weight is 380 g/mol. The van der Waals surface area contributed by atoms with Crippen LogP contribution in [0.15, 0.2) is 42.6 Å². The van der Waals surface area contributed by atoms with Crippen molar-refractivity contribution in [1.82, 2.24) is 9.88 Å². The average Bonchev–Trinajstić information content (AvgIpc) is 2.71. The first-order valence-electron chi connectivity index (χ1n) is 10.1. The van der Waals surface area contributed by atoms with E-state index in [1.165, 1.54) is 11.1 Å². The number of nitrogens with one attached hydrogen (secondary N) is 1. The molecule has 1 fully saturated rings. The Kier molecular flexibility index (Phi) is 6.80. The summed E-state index contributed by atoms with van der Waals surface area (Å²) in [6.45, 7) is 5.28. The molecule has 148 valence electrons. The molecule has 0 bridgehead atoms. The summed E-state index contributed by atoms with van der Waals surface area (Å²) in [5, 5.41) is 2.88. The fraction of sp³-hybridized carbons (Fsp3) is 0.435. The maximum Gasteiger partial charge on any atom is 0.230 e. The third kappa shape index (κ3) is 5.65. The Morgan fingerprint density at radius 1 is 1.11 bits per heavy atom. The van der Waals surface area contributed by atoms with Crippen LogP contribution in [0, 0.1) is 19.8 Å². The smallest absolute Gasteiger partial charge is 0.230 e. The van der Waals surface area contributed by atoms with Crippen LogP contribution in [0.3, 0.4) is 0 Å². The zero-order valence-electron chi connectivity index (χ0n) is 16.8. The lowest BCUT2D eigenvalue weighted by Crippen LogP contribution is -2.43. The molecule has 0 radical (unpaired) electrons. The van der Waals surface area contributed by atoms with E-state index in [4.69, 9.17) is 0 Å². The predicted molar refractivity (Wildman–Crippen MR) is 111 cm³/mol. The number of anilines is 1. The minimum Gasteiger partial charge on any atom is -0.342 e. The molecule has 1 aliphatic heterocycles. The molecule has 3 rings (SSSR count). The Hall–Kier alpha value is -2.69. The molecule has 5 nitrogen and oxygen atoms in total. The maximum atomic E-state index is 12.6. The zero-order chi connectivity index (χ0) is 19.9. The van der Waals surface area contributed by atoms with Gasteiger partial charge in [0, 0.05) is 25.7 Å². The van der Waals surface area contributed by atoms with Gasteiger partial charge in [-0.15, -0.1) is 0 Å². The molecule has 2 aromatic rings. The molecule has 0 saturated carbocycles. The van der Waals surface area contributed by atoms with Crippen LogP contribution in [0.25, 0.3) is 0 Å². The van der Waals surface area contributed by atoms with Crippen LogP contribution < -0.4 is 5.32 Å². The van der Waals surface area contributed by atoms with E-state index < -0.39 is 0 Å². The van der Waals surface area contributed by atoms with Crippen molar-refractivity contribution in [1.29, 1.82) is 0 Å². The number of piperidine rings is 1. The van der Waals surface area contributed by atoms with E-state index in [0.29, 0.717) is 18.8 Å². The van der Waals surface area contributed by atoms with Gasteiger partial charge in [-0.2, -0.15) is 0 Å². The second-order valence-corrected chi connectivity index (χ2v) is 7.73. The zero-order valence-corrected chi connectivity index (χ0v) is 16.8. The summed E-state index contributed by atoms with van der Waals surface area (Å²) >= 11 is 0. The molecule has 0 spiro atoms. The lowest BCUT2D eigenvalue weighted by atomic mass is 9.96. The first-order chi connectivity index (χ1) is 13.5. The lowest BCUT2D eigenvalue weighted by Gasteiger charge is -2.32. The molecule has 1 unspecified atom stereocenters. The van der Waals surface area contributed by atoms with E-state index in [1.807, 2.05) is 24.0 Å². The Bertz CT molecular complexity index is 800. The molecule has 0 aliphatic carbocycles. The number of carbonyl (C=O) groups excluding carboxylic acids is 2. The fourth-order valence-corrected chi connectivity index (χ4v) is 3.54. The van der Waals surface area contributed by atoms with Gasteiger partial charge in [0.05, 0.1) is 5.92 Å². The molecule has 1 atom stereocenters. The number of benzene rings is 1. The highest BCUT2D eigenvalue weighted by Gasteiger charge is 2.28. The van der Waals surface area contributed by atoms with E-state index in [9.17, 15) is 9.59 Å². The van der Waals surface area contributed by atoms with Gasteiger partial charge in [-0.05, 0) is 56.7 Å². The highest BCUT2D eigenvalue weighted by molar-refractivity contribution is 5.92. The summed E-state index contributed by atoms with van der Waals surface area (Å²) in [5.41, 5.74) is 3.57. The summed E-state index contributed by atoms with van der Waals surface area (Å²) in [5.74, 6) is 0.502. The van der Waals surface area contributed by atoms with Crippen LogP contribution in [0.1, 0.15) is 42.4 Å². The van der Waals surface area contributed by atoms with Crippen LogP contribution in [0.2, 0.25) is 0 Å². The third-order valence-electron chi connectivity index (χ3n) is 5.28. The third-order valence-corrected chi connectivity index (χ3v) is 5.28. The van der Waals surface area contributed by atoms with Crippen molar-refractivity contribution in [2.75, 3.05) is 18.4 Å². The second kappa shape index (κ2) is 9.49. The second-order valence-electron chi connectivity index (χ2n) is 7.73. The summed E-state index contributed by atoms with van der Waals surface area (Å²) in [4.78, 5) is 31.2. The quantitative estimate of drug-likeness (QED) is 0.828. The molecule has 1 N–H and O–H groups in total. The van der Waals surface area contributed by atoms with Crippen molar-refractivity contribution in [3.05, 3.63) is 59.3 Å². The number of amides is 2. The van der Waals surface area contributed by atoms with Gasteiger partial charge in [-0.1, -0.05) is 35.9 Å². The van der Waals surface area contributed by atoms with Crippen molar-refractivity contribution >= 4 is 17.6 Å². The number of hydrogen-bond acceptors (Lipinski definition) is 3. The molecule has 1 saturated heterocycles. The molecule has 1 aliphatic rings. The van der Waals surface area contributed by atoms with Gasteiger partial charge in [0.2, 0.25) is 11.8 Å². The van der Waals surface area contributed by atoms with E-state index in [2.05, 4.69) is 41.5 Å². The van der Waals surface area contributed by atoms with Gasteiger partial charge in [0.1, 0.15) is 5.82 Å². The van der Waals surface area contributed by atoms with Crippen molar-refractivity contribution in [3.8, 4) is 0 Å². The van der Waals surface area contributed by atoms with Crippen LogP contribution in [-0.2, 0) is 16.0 Å². The van der Waals surface area contributed by atoms with Crippen LogP contribution in [-0.4, -0.2) is 34.8 Å². The molecular weight excluding hydrogens is 350 g/mol. The number of nitrogens with zero attached hydrogens (tertiary/aromatic N) is 2. The minimum atomic E-state index is -0.169. The molecule has 1 aromatic carbocycles. The van der Waals surface area contributed by atoms with Crippen LogP contribution in [0.5, 0.6) is 0 Å². The summed E-state index contributed by atoms with van der Waals surface area (Å²) < 4.78 is 0. The van der Waals surface area contributed by atoms with Gasteiger partial charge in [-0.25, -0.2) is 4.98 Å². The van der Waals surface area contributed by atoms with Gasteiger partial charge in [0.15, 0.2) is 0 Å². The fourth-order valence-electron chi connectivity index (χ4n) is 3.54. The van der Waals surface area contributed by atoms with Crippen molar-refractivity contribution in [3.63, 3.8) is 0 Å². The largest absolute Gasteiger partial charge is 0.342 e. The molecule has 1 aromatic heterocycles. The molecule has 2 heterocycles. The van der Waals surface area contributed by atoms with Crippen molar-refractivity contribution in [2.45, 2.75) is 46.0 Å². The van der Waals surface area contributed by atoms with E-state index in [-0.39, 0.29) is 17.7 Å². The number of likely N-dealkylation sites (tertiary alicyclic amines) is 1. The van der Waals surface area contributed by atoms with Crippen molar-refractivity contribution < 1.29 is 9.59 Å². The Balaban J connectivity index is 1.46. The topological polar surface area (TPSA) is 62.3 Å². The Morgan fingerprint density at radius 3 is 2.57 bits per heavy atom. The van der Waals surface area contributed by atoms with E-state index >= 15 is 0 Å². The highest BCUT2D eigenvalue weighted by atomic mass is 16.2. The van der Waals surface area contributed by atoms with E-state index in [0.717, 1.165) is 37.8 Å². The predicted octanol–water partition coefficient (Wildman–Crippen LogP) is 3.90. The number of pyridine rings is 1. The highest BCUT2D eigenvalue weighted by Crippen LogP contribution is 2.20. The van der Waals surface area contributed by atoms with Gasteiger partial charge in [0.25, 0.3) is 0 Å². The number of hydrogen-bond donors (Lipinski definition) is 1. The van der Waals surface area contributed by atoms with Crippen LogP contribution in [0.4, 0.5) is 5.82 Å². The molecular formula is C23H29N3O2. The van der Waals surface area contributed by atoms with Gasteiger partial charge >= 0.3 is 0 Å². The van der Waals surface area contributed by atoms with E-state index in [1.54, 1.807) is 6.20 Å². The SMILES string of the molecule is Cc1ccc(CCCC(=O)N2CCCC(C(=O)Nc3ccc(C)cn3)C2)cc1. The number of rotatable bonds is 6. The number of carbonyl (C=O) groups is 2. The maximum absolute atomic E-state index is 12.6. The summed E-state index contributed by atoms with van der Waals surface area (Å²) in [7, 11) is 0. The van der Waals surface area contributed by atoms with Gasteiger partial charge < -0.3 is 10.2 Å². The minimum absolute atomic E-state index is 0.0477. The standard InChI is InChI=1S/C23H29N3O2/c1-17-8-11-19(12-9-17)5-3-7-22(27)26-14-4-6-20(16-26)23(28)25-21-13-10-18(2)15-24-21/h8-13,15,20H,3-7,14,16H2,1-2H3,(H,24,25,28).